The van der Waals surface area contributed by atoms with Crippen LogP contribution in [0.25, 0.3) is 0 Å². The lowest BCUT2D eigenvalue weighted by molar-refractivity contribution is -0.119. The zero-order chi connectivity index (χ0) is 12.4. The number of nitrogens with two attached hydrogens (primary N) is 1. The Morgan fingerprint density at radius 3 is 2.94 bits per heavy atom. The lowest BCUT2D eigenvalue weighted by Gasteiger charge is -2.22. The molecule has 1 saturated heterocycles. The van der Waals surface area contributed by atoms with E-state index in [4.69, 9.17) is 5.73 Å². The second-order valence-electron chi connectivity index (χ2n) is 4.14. The fourth-order valence-corrected chi connectivity index (χ4v) is 1.92. The summed E-state index contributed by atoms with van der Waals surface area (Å²) in [6.45, 7) is 1.95. The van der Waals surface area contributed by atoms with E-state index >= 15 is 0 Å². The molecule has 1 aliphatic rings. The van der Waals surface area contributed by atoms with Crippen LogP contribution in [0.2, 0.25) is 0 Å². The molecule has 1 atom stereocenters. The van der Waals surface area contributed by atoms with Crippen molar-refractivity contribution >= 4 is 17.4 Å². The van der Waals surface area contributed by atoms with Crippen molar-refractivity contribution in [1.29, 1.82) is 0 Å². The van der Waals surface area contributed by atoms with Gasteiger partial charge < -0.3 is 5.73 Å². The Morgan fingerprint density at radius 1 is 1.59 bits per heavy atom. The molecule has 0 saturated carbocycles. The van der Waals surface area contributed by atoms with E-state index in [1.807, 2.05) is 13.0 Å². The normalized spacial score (nSPS) is 19.3. The number of hydrazine groups is 1. The number of ketones is 1. The quantitative estimate of drug-likeness (QED) is 0.744. The average molecular weight is 233 g/mol. The SMILES string of the molecule is CC1CC(=O)NN1c1cccc(C(=O)CN)c1. The van der Waals surface area contributed by atoms with Gasteiger partial charge >= 0.3 is 0 Å². The number of anilines is 1. The van der Waals surface area contributed by atoms with Gasteiger partial charge in [0.2, 0.25) is 5.91 Å². The lowest BCUT2D eigenvalue weighted by Crippen LogP contribution is -2.37. The third kappa shape index (κ3) is 2.29. The molecule has 5 heteroatoms. The van der Waals surface area contributed by atoms with Gasteiger partial charge in [0.15, 0.2) is 5.78 Å². The molecule has 0 bridgehead atoms. The molecule has 1 aromatic carbocycles. The van der Waals surface area contributed by atoms with Gasteiger partial charge in [0, 0.05) is 5.56 Å². The smallest absolute Gasteiger partial charge is 0.240 e. The van der Waals surface area contributed by atoms with E-state index in [0.29, 0.717) is 12.0 Å². The second kappa shape index (κ2) is 4.55. The summed E-state index contributed by atoms with van der Waals surface area (Å²) in [7, 11) is 0. The van der Waals surface area contributed by atoms with Crippen LogP contribution < -0.4 is 16.2 Å². The van der Waals surface area contributed by atoms with Gasteiger partial charge in [-0.05, 0) is 19.1 Å². The fraction of sp³-hybridized carbons (Fsp3) is 0.333. The van der Waals surface area contributed by atoms with Crippen LogP contribution in [0.4, 0.5) is 5.69 Å². The maximum Gasteiger partial charge on any atom is 0.240 e. The highest BCUT2D eigenvalue weighted by Crippen LogP contribution is 2.21. The van der Waals surface area contributed by atoms with Gasteiger partial charge in [-0.15, -0.1) is 0 Å². The Hall–Kier alpha value is -1.88. The molecule has 1 heterocycles. The van der Waals surface area contributed by atoms with E-state index < -0.39 is 0 Å². The van der Waals surface area contributed by atoms with Crippen LogP contribution in [0, 0.1) is 0 Å². The number of carbonyl (C=O) groups excluding carboxylic acids is 2. The van der Waals surface area contributed by atoms with Crippen molar-refractivity contribution in [2.24, 2.45) is 5.73 Å². The first-order chi connectivity index (χ1) is 8.11. The lowest BCUT2D eigenvalue weighted by atomic mass is 10.1. The summed E-state index contributed by atoms with van der Waals surface area (Å²) in [4.78, 5) is 22.8. The first-order valence-electron chi connectivity index (χ1n) is 5.54. The number of hydrogen-bond donors (Lipinski definition) is 2. The molecule has 3 N–H and O–H groups in total. The van der Waals surface area contributed by atoms with E-state index in [2.05, 4.69) is 5.43 Å². The first kappa shape index (κ1) is 11.6. The van der Waals surface area contributed by atoms with Crippen molar-refractivity contribution in [3.05, 3.63) is 29.8 Å². The van der Waals surface area contributed by atoms with Gasteiger partial charge in [0.25, 0.3) is 0 Å². The molecule has 5 nitrogen and oxygen atoms in total. The highest BCUT2D eigenvalue weighted by molar-refractivity contribution is 5.98. The predicted molar refractivity (Wildman–Crippen MR) is 64.5 cm³/mol. The Kier molecular flexibility index (Phi) is 3.10. The van der Waals surface area contributed by atoms with Crippen LogP contribution in [0.5, 0.6) is 0 Å². The number of hydrogen-bond acceptors (Lipinski definition) is 4. The highest BCUT2D eigenvalue weighted by atomic mass is 16.2. The predicted octanol–water partition coefficient (Wildman–Crippen LogP) is 0.458. The van der Waals surface area contributed by atoms with Crippen LogP contribution in [0.15, 0.2) is 24.3 Å². The van der Waals surface area contributed by atoms with Crippen molar-refractivity contribution in [2.75, 3.05) is 11.6 Å². The molecule has 1 aromatic rings. The molecule has 17 heavy (non-hydrogen) atoms. The minimum absolute atomic E-state index is 0.00643. The third-order valence-corrected chi connectivity index (χ3v) is 2.80. The fourth-order valence-electron chi connectivity index (χ4n) is 1.92. The van der Waals surface area contributed by atoms with Crippen molar-refractivity contribution < 1.29 is 9.59 Å². The molecule has 0 aliphatic carbocycles. The zero-order valence-corrected chi connectivity index (χ0v) is 9.64. The summed E-state index contributed by atoms with van der Waals surface area (Å²) in [5, 5.41) is 1.77. The zero-order valence-electron chi connectivity index (χ0n) is 9.64. The molecule has 1 unspecified atom stereocenters. The Labute approximate surface area is 99.6 Å². The number of Topliss-reactive ketones (excluding diaryl/α,β-unsaturated/α-hetero) is 1. The van der Waals surface area contributed by atoms with E-state index in [9.17, 15) is 9.59 Å². The van der Waals surface area contributed by atoms with Crippen LogP contribution in [0.1, 0.15) is 23.7 Å². The monoisotopic (exact) mass is 233 g/mol. The standard InChI is InChI=1S/C12H15N3O2/c1-8-5-12(17)14-15(8)10-4-2-3-9(6-10)11(16)7-13/h2-4,6,8H,5,7,13H2,1H3,(H,14,17). The molecular weight excluding hydrogens is 218 g/mol. The number of carbonyl (C=O) groups is 2. The Bertz CT molecular complexity index is 459. The maximum atomic E-state index is 11.5. The van der Waals surface area contributed by atoms with Gasteiger partial charge in [-0.1, -0.05) is 12.1 Å². The first-order valence-corrected chi connectivity index (χ1v) is 5.54. The van der Waals surface area contributed by atoms with E-state index in [-0.39, 0.29) is 24.3 Å². The topological polar surface area (TPSA) is 75.4 Å². The van der Waals surface area contributed by atoms with E-state index in [1.54, 1.807) is 23.2 Å². The highest BCUT2D eigenvalue weighted by Gasteiger charge is 2.26. The van der Waals surface area contributed by atoms with Crippen molar-refractivity contribution in [2.45, 2.75) is 19.4 Å². The van der Waals surface area contributed by atoms with Gasteiger partial charge in [-0.3, -0.25) is 20.0 Å². The molecule has 0 aromatic heterocycles. The van der Waals surface area contributed by atoms with Crippen molar-refractivity contribution in [3.63, 3.8) is 0 Å². The van der Waals surface area contributed by atoms with E-state index in [0.717, 1.165) is 5.69 Å². The minimum Gasteiger partial charge on any atom is -0.324 e. The van der Waals surface area contributed by atoms with Gasteiger partial charge in [0.1, 0.15) is 0 Å². The minimum atomic E-state index is -0.106. The summed E-state index contributed by atoms with van der Waals surface area (Å²) >= 11 is 0. The number of benzene rings is 1. The molecule has 1 aliphatic heterocycles. The van der Waals surface area contributed by atoms with Gasteiger partial charge in [0.05, 0.1) is 24.7 Å². The number of amides is 1. The van der Waals surface area contributed by atoms with Crippen LogP contribution in [-0.4, -0.2) is 24.3 Å². The molecule has 1 amide bonds. The summed E-state index contributed by atoms with van der Waals surface area (Å²) in [6, 6.07) is 7.20. The second-order valence-corrected chi connectivity index (χ2v) is 4.14. The summed E-state index contributed by atoms with van der Waals surface area (Å²) in [6.07, 6.45) is 0.467. The number of nitrogens with one attached hydrogen (secondary N) is 1. The maximum absolute atomic E-state index is 11.5. The molecule has 1 fully saturated rings. The largest absolute Gasteiger partial charge is 0.324 e. The number of nitrogens with zero attached hydrogens (tertiary/aromatic N) is 1. The van der Waals surface area contributed by atoms with Gasteiger partial charge in [-0.2, -0.15) is 0 Å². The van der Waals surface area contributed by atoms with E-state index in [1.165, 1.54) is 0 Å². The van der Waals surface area contributed by atoms with Gasteiger partial charge in [-0.25, -0.2) is 0 Å². The molecule has 0 radical (unpaired) electrons. The van der Waals surface area contributed by atoms with Crippen LogP contribution in [-0.2, 0) is 4.79 Å². The van der Waals surface area contributed by atoms with Crippen molar-refractivity contribution in [1.82, 2.24) is 5.43 Å². The molecule has 2 rings (SSSR count). The summed E-state index contributed by atoms with van der Waals surface area (Å²) in [5.74, 6) is -0.113. The van der Waals surface area contributed by atoms with Crippen LogP contribution >= 0.6 is 0 Å². The number of rotatable bonds is 3. The average Bonchev–Trinajstić information content (AvgIpc) is 2.67. The molecule has 90 valence electrons. The Balaban J connectivity index is 2.27. The van der Waals surface area contributed by atoms with Crippen molar-refractivity contribution in [3.8, 4) is 0 Å². The third-order valence-electron chi connectivity index (χ3n) is 2.80. The van der Waals surface area contributed by atoms with Crippen LogP contribution in [0.3, 0.4) is 0 Å². The summed E-state index contributed by atoms with van der Waals surface area (Å²) in [5.41, 5.74) is 9.46. The summed E-state index contributed by atoms with van der Waals surface area (Å²) < 4.78 is 0. The molecule has 0 spiro atoms. The Morgan fingerprint density at radius 2 is 2.35 bits per heavy atom. The molecular formula is C12H15N3O2.